The van der Waals surface area contributed by atoms with Gasteiger partial charge in [0.1, 0.15) is 5.03 Å². The van der Waals surface area contributed by atoms with Crippen LogP contribution in [0.5, 0.6) is 0 Å². The quantitative estimate of drug-likeness (QED) is 0.555. The molecule has 0 bridgehead atoms. The SMILES string of the molecule is Nc1nnc(Sc2nc3ccccc3nc2NCc2ccccc2)s1. The summed E-state index contributed by atoms with van der Waals surface area (Å²) in [6, 6.07) is 18.0. The van der Waals surface area contributed by atoms with E-state index in [1.54, 1.807) is 0 Å². The zero-order valence-corrected chi connectivity index (χ0v) is 14.7. The first-order valence-corrected chi connectivity index (χ1v) is 9.22. The second-order valence-electron chi connectivity index (χ2n) is 5.21. The summed E-state index contributed by atoms with van der Waals surface area (Å²) in [4.78, 5) is 9.45. The minimum Gasteiger partial charge on any atom is -0.374 e. The molecule has 0 amide bonds. The van der Waals surface area contributed by atoms with Crippen LogP contribution >= 0.6 is 23.1 Å². The van der Waals surface area contributed by atoms with Crippen molar-refractivity contribution in [2.45, 2.75) is 15.9 Å². The maximum absolute atomic E-state index is 5.68. The molecule has 0 aliphatic carbocycles. The van der Waals surface area contributed by atoms with Gasteiger partial charge >= 0.3 is 0 Å². The second-order valence-corrected chi connectivity index (χ2v) is 7.46. The van der Waals surface area contributed by atoms with E-state index in [-0.39, 0.29) is 0 Å². The summed E-state index contributed by atoms with van der Waals surface area (Å²) in [5, 5.41) is 12.5. The summed E-state index contributed by atoms with van der Waals surface area (Å²) in [5.74, 6) is 0.723. The van der Waals surface area contributed by atoms with E-state index in [0.29, 0.717) is 11.7 Å². The van der Waals surface area contributed by atoms with Gasteiger partial charge in [-0.1, -0.05) is 53.8 Å². The Kier molecular flexibility index (Phi) is 4.45. The molecule has 2 aromatic heterocycles. The Bertz CT molecular complexity index is 1000. The van der Waals surface area contributed by atoms with Gasteiger partial charge in [-0.05, 0) is 29.5 Å². The maximum Gasteiger partial charge on any atom is 0.203 e. The first-order valence-electron chi connectivity index (χ1n) is 7.59. The first kappa shape index (κ1) is 15.8. The largest absolute Gasteiger partial charge is 0.374 e. The highest BCUT2D eigenvalue weighted by Crippen LogP contribution is 2.34. The molecule has 25 heavy (non-hydrogen) atoms. The molecule has 0 saturated heterocycles. The number of fused-ring (bicyclic) bond motifs is 1. The molecule has 0 aliphatic heterocycles. The smallest absolute Gasteiger partial charge is 0.203 e. The molecular formula is C17H14N6S2. The molecule has 0 atom stereocenters. The van der Waals surface area contributed by atoms with Crippen molar-refractivity contribution in [2.24, 2.45) is 0 Å². The van der Waals surface area contributed by atoms with Crippen LogP contribution in [0.25, 0.3) is 11.0 Å². The summed E-state index contributed by atoms with van der Waals surface area (Å²) in [5.41, 5.74) is 8.54. The third kappa shape index (κ3) is 3.70. The molecule has 0 saturated carbocycles. The summed E-state index contributed by atoms with van der Waals surface area (Å²) >= 11 is 2.75. The van der Waals surface area contributed by atoms with Gasteiger partial charge < -0.3 is 11.1 Å². The van der Waals surface area contributed by atoms with Gasteiger partial charge in [-0.25, -0.2) is 9.97 Å². The number of nitrogens with one attached hydrogen (secondary N) is 1. The summed E-state index contributed by atoms with van der Waals surface area (Å²) in [7, 11) is 0. The Hall–Kier alpha value is -2.71. The van der Waals surface area contributed by atoms with Gasteiger partial charge in [-0.15, -0.1) is 10.2 Å². The third-order valence-electron chi connectivity index (χ3n) is 3.45. The highest BCUT2D eigenvalue weighted by Gasteiger charge is 2.13. The molecule has 124 valence electrons. The molecule has 0 spiro atoms. The number of para-hydroxylation sites is 2. The van der Waals surface area contributed by atoms with Gasteiger partial charge in [0.25, 0.3) is 0 Å². The van der Waals surface area contributed by atoms with E-state index < -0.39 is 0 Å². The number of nitrogen functional groups attached to an aromatic ring is 1. The van der Waals surface area contributed by atoms with E-state index in [9.17, 15) is 0 Å². The van der Waals surface area contributed by atoms with Gasteiger partial charge in [-0.3, -0.25) is 0 Å². The van der Waals surface area contributed by atoms with Crippen LogP contribution in [0, 0.1) is 0 Å². The fraction of sp³-hybridized carbons (Fsp3) is 0.0588. The Morgan fingerprint density at radius 1 is 0.920 bits per heavy atom. The number of nitrogens with zero attached hydrogens (tertiary/aromatic N) is 4. The van der Waals surface area contributed by atoms with Crippen LogP contribution in [0.4, 0.5) is 10.9 Å². The lowest BCUT2D eigenvalue weighted by Gasteiger charge is -2.10. The van der Waals surface area contributed by atoms with E-state index in [2.05, 4.69) is 27.6 Å². The molecule has 6 nitrogen and oxygen atoms in total. The van der Waals surface area contributed by atoms with Crippen LogP contribution in [-0.2, 0) is 6.54 Å². The van der Waals surface area contributed by atoms with Crippen molar-refractivity contribution in [3.8, 4) is 0 Å². The monoisotopic (exact) mass is 366 g/mol. The van der Waals surface area contributed by atoms with Crippen LogP contribution in [0.2, 0.25) is 0 Å². The van der Waals surface area contributed by atoms with E-state index in [1.807, 2.05) is 42.5 Å². The van der Waals surface area contributed by atoms with Crippen molar-refractivity contribution in [3.05, 3.63) is 60.2 Å². The molecule has 0 radical (unpaired) electrons. The highest BCUT2D eigenvalue weighted by atomic mass is 32.2. The lowest BCUT2D eigenvalue weighted by Crippen LogP contribution is -2.04. The van der Waals surface area contributed by atoms with Crippen molar-refractivity contribution >= 4 is 45.1 Å². The number of benzene rings is 2. The van der Waals surface area contributed by atoms with Crippen LogP contribution < -0.4 is 11.1 Å². The molecule has 4 rings (SSSR count). The highest BCUT2D eigenvalue weighted by molar-refractivity contribution is 8.01. The Morgan fingerprint density at radius 2 is 1.64 bits per heavy atom. The average Bonchev–Trinajstić information content (AvgIpc) is 3.05. The van der Waals surface area contributed by atoms with Crippen LogP contribution in [0.15, 0.2) is 64.0 Å². The Labute approximate surface area is 152 Å². The van der Waals surface area contributed by atoms with Crippen molar-refractivity contribution in [2.75, 3.05) is 11.1 Å². The predicted molar refractivity (Wildman–Crippen MR) is 102 cm³/mol. The molecular weight excluding hydrogens is 352 g/mol. The molecule has 3 N–H and O–H groups in total. The molecule has 2 heterocycles. The lowest BCUT2D eigenvalue weighted by molar-refractivity contribution is 1.01. The standard InChI is InChI=1S/C17H14N6S2/c18-16-22-23-17(25-16)24-15-14(19-10-11-6-2-1-3-7-11)20-12-8-4-5-9-13(12)21-15/h1-9H,10H2,(H2,18,22)(H,19,20). The van der Waals surface area contributed by atoms with Gasteiger partial charge in [0.05, 0.1) is 11.0 Å². The van der Waals surface area contributed by atoms with Crippen LogP contribution in [0.1, 0.15) is 5.56 Å². The van der Waals surface area contributed by atoms with Gasteiger partial charge in [-0.2, -0.15) is 0 Å². The number of hydrogen-bond donors (Lipinski definition) is 2. The minimum atomic E-state index is 0.440. The van der Waals surface area contributed by atoms with Gasteiger partial charge in [0.15, 0.2) is 10.2 Å². The summed E-state index contributed by atoms with van der Waals surface area (Å²) < 4.78 is 0.741. The molecule has 8 heteroatoms. The molecule has 0 aliphatic rings. The minimum absolute atomic E-state index is 0.440. The predicted octanol–water partition coefficient (Wildman–Crippen LogP) is 3.83. The van der Waals surface area contributed by atoms with Gasteiger partial charge in [0.2, 0.25) is 5.13 Å². The normalized spacial score (nSPS) is 10.9. The number of rotatable bonds is 5. The number of hydrogen-bond acceptors (Lipinski definition) is 8. The molecule has 2 aromatic carbocycles. The van der Waals surface area contributed by atoms with Crippen molar-refractivity contribution in [3.63, 3.8) is 0 Å². The van der Waals surface area contributed by atoms with Gasteiger partial charge in [0, 0.05) is 6.54 Å². The molecule has 0 fully saturated rings. The maximum atomic E-state index is 5.68. The Balaban J connectivity index is 1.67. The van der Waals surface area contributed by atoms with Crippen molar-refractivity contribution in [1.29, 1.82) is 0 Å². The number of nitrogens with two attached hydrogens (primary N) is 1. The zero-order chi connectivity index (χ0) is 17.1. The van der Waals surface area contributed by atoms with Crippen LogP contribution in [0.3, 0.4) is 0 Å². The summed E-state index contributed by atoms with van der Waals surface area (Å²) in [6.07, 6.45) is 0. The summed E-state index contributed by atoms with van der Waals surface area (Å²) in [6.45, 7) is 0.666. The second kappa shape index (κ2) is 7.04. The molecule has 0 unspecified atom stereocenters. The lowest BCUT2D eigenvalue weighted by atomic mass is 10.2. The van der Waals surface area contributed by atoms with Crippen molar-refractivity contribution < 1.29 is 0 Å². The molecule has 4 aromatic rings. The van der Waals surface area contributed by atoms with E-state index >= 15 is 0 Å². The van der Waals surface area contributed by atoms with E-state index in [1.165, 1.54) is 28.7 Å². The zero-order valence-electron chi connectivity index (χ0n) is 13.1. The van der Waals surface area contributed by atoms with Crippen LogP contribution in [-0.4, -0.2) is 20.2 Å². The van der Waals surface area contributed by atoms with E-state index in [4.69, 9.17) is 15.7 Å². The number of anilines is 2. The Morgan fingerprint density at radius 3 is 2.36 bits per heavy atom. The topological polar surface area (TPSA) is 89.6 Å². The van der Waals surface area contributed by atoms with Crippen molar-refractivity contribution in [1.82, 2.24) is 20.2 Å². The fourth-order valence-corrected chi connectivity index (χ4v) is 3.90. The first-order chi connectivity index (χ1) is 12.3. The fourth-order valence-electron chi connectivity index (χ4n) is 2.30. The number of aromatic nitrogens is 4. The third-order valence-corrected chi connectivity index (χ3v) is 5.23. The van der Waals surface area contributed by atoms with E-state index in [0.717, 1.165) is 26.2 Å². The average molecular weight is 366 g/mol.